The second kappa shape index (κ2) is 8.65. The van der Waals surface area contributed by atoms with Crippen molar-refractivity contribution in [1.82, 2.24) is 19.9 Å². The van der Waals surface area contributed by atoms with E-state index < -0.39 is 11.9 Å². The van der Waals surface area contributed by atoms with Gasteiger partial charge in [-0.15, -0.1) is 0 Å². The molecular formula is C19H24F3N5. The summed E-state index contributed by atoms with van der Waals surface area (Å²) in [6, 6.07) is 4.31. The SMILES string of the molecule is CCCCN1CCC(Nc2cc(C(F)(F)F)nc(-c3ccncc3)n2)CC1. The molecule has 1 aliphatic rings. The summed E-state index contributed by atoms with van der Waals surface area (Å²) in [6.45, 7) is 5.15. The lowest BCUT2D eigenvalue weighted by atomic mass is 10.0. The predicted molar refractivity (Wildman–Crippen MR) is 98.3 cm³/mol. The van der Waals surface area contributed by atoms with E-state index in [1.54, 1.807) is 12.1 Å². The van der Waals surface area contributed by atoms with E-state index in [2.05, 4.69) is 32.1 Å². The van der Waals surface area contributed by atoms with E-state index in [-0.39, 0.29) is 17.7 Å². The van der Waals surface area contributed by atoms with Crippen LogP contribution in [0.5, 0.6) is 0 Å². The summed E-state index contributed by atoms with van der Waals surface area (Å²) >= 11 is 0. The van der Waals surface area contributed by atoms with Gasteiger partial charge in [-0.25, -0.2) is 9.97 Å². The van der Waals surface area contributed by atoms with Gasteiger partial charge in [0.1, 0.15) is 5.82 Å². The standard InChI is InChI=1S/C19H24F3N5/c1-2-3-10-27-11-6-15(7-12-27)24-17-13-16(19(20,21)22)25-18(26-17)14-4-8-23-9-5-14/h4-5,8-9,13,15H,2-3,6-7,10-12H2,1H3,(H,24,25,26). The fraction of sp³-hybridized carbons (Fsp3) is 0.526. The van der Waals surface area contributed by atoms with Crippen LogP contribution in [0.4, 0.5) is 19.0 Å². The summed E-state index contributed by atoms with van der Waals surface area (Å²) in [5.41, 5.74) is -0.430. The second-order valence-electron chi connectivity index (χ2n) is 6.81. The number of aromatic nitrogens is 3. The number of anilines is 1. The Balaban J connectivity index is 1.75. The van der Waals surface area contributed by atoms with E-state index in [9.17, 15) is 13.2 Å². The molecule has 0 aromatic carbocycles. The van der Waals surface area contributed by atoms with E-state index in [0.717, 1.165) is 45.0 Å². The zero-order valence-corrected chi connectivity index (χ0v) is 15.3. The molecule has 0 unspecified atom stereocenters. The van der Waals surface area contributed by atoms with Gasteiger partial charge < -0.3 is 10.2 Å². The van der Waals surface area contributed by atoms with Crippen molar-refractivity contribution in [2.45, 2.75) is 44.8 Å². The Morgan fingerprint density at radius 3 is 2.48 bits per heavy atom. The van der Waals surface area contributed by atoms with Gasteiger partial charge in [-0.2, -0.15) is 13.2 Å². The number of nitrogens with one attached hydrogen (secondary N) is 1. The maximum atomic E-state index is 13.3. The van der Waals surface area contributed by atoms with Crippen LogP contribution in [0.1, 0.15) is 38.3 Å². The molecule has 0 aliphatic carbocycles. The van der Waals surface area contributed by atoms with Crippen molar-refractivity contribution >= 4 is 5.82 Å². The summed E-state index contributed by atoms with van der Waals surface area (Å²) in [5.74, 6) is 0.270. The number of hydrogen-bond donors (Lipinski definition) is 1. The summed E-state index contributed by atoms with van der Waals surface area (Å²) < 4.78 is 39.8. The van der Waals surface area contributed by atoms with Crippen LogP contribution in [0, 0.1) is 0 Å². The Morgan fingerprint density at radius 1 is 1.15 bits per heavy atom. The Bertz CT molecular complexity index is 728. The number of pyridine rings is 1. The molecule has 146 valence electrons. The molecule has 0 saturated carbocycles. The molecule has 3 rings (SSSR count). The molecule has 2 aromatic rings. The third kappa shape index (κ3) is 5.38. The Kier molecular flexibility index (Phi) is 6.26. The van der Waals surface area contributed by atoms with Gasteiger partial charge in [0.25, 0.3) is 0 Å². The van der Waals surface area contributed by atoms with Crippen LogP contribution in [-0.2, 0) is 6.18 Å². The van der Waals surface area contributed by atoms with Crippen LogP contribution >= 0.6 is 0 Å². The van der Waals surface area contributed by atoms with Gasteiger partial charge in [0.2, 0.25) is 0 Å². The first-order valence-corrected chi connectivity index (χ1v) is 9.31. The normalized spacial score (nSPS) is 16.4. The van der Waals surface area contributed by atoms with Crippen LogP contribution in [0.15, 0.2) is 30.6 Å². The molecule has 0 bridgehead atoms. The van der Waals surface area contributed by atoms with Gasteiger partial charge >= 0.3 is 6.18 Å². The molecule has 8 heteroatoms. The molecule has 1 fully saturated rings. The van der Waals surface area contributed by atoms with Crippen molar-refractivity contribution in [3.05, 3.63) is 36.3 Å². The maximum absolute atomic E-state index is 13.3. The molecule has 2 aromatic heterocycles. The smallest absolute Gasteiger partial charge is 0.367 e. The lowest BCUT2D eigenvalue weighted by Crippen LogP contribution is -2.39. The fourth-order valence-electron chi connectivity index (χ4n) is 3.19. The van der Waals surface area contributed by atoms with Crippen molar-refractivity contribution < 1.29 is 13.2 Å². The van der Waals surface area contributed by atoms with Crippen molar-refractivity contribution in [2.24, 2.45) is 0 Å². The monoisotopic (exact) mass is 379 g/mol. The van der Waals surface area contributed by atoms with Crippen molar-refractivity contribution in [3.8, 4) is 11.4 Å². The molecule has 5 nitrogen and oxygen atoms in total. The highest BCUT2D eigenvalue weighted by atomic mass is 19.4. The highest BCUT2D eigenvalue weighted by Crippen LogP contribution is 2.31. The van der Waals surface area contributed by atoms with Gasteiger partial charge in [-0.3, -0.25) is 4.98 Å². The van der Waals surface area contributed by atoms with Gasteiger partial charge in [0.15, 0.2) is 11.5 Å². The first-order chi connectivity index (χ1) is 13.0. The van der Waals surface area contributed by atoms with Gasteiger partial charge in [-0.1, -0.05) is 13.3 Å². The molecule has 0 spiro atoms. The summed E-state index contributed by atoms with van der Waals surface area (Å²) in [7, 11) is 0. The number of likely N-dealkylation sites (tertiary alicyclic amines) is 1. The number of nitrogens with zero attached hydrogens (tertiary/aromatic N) is 4. The predicted octanol–water partition coefficient (Wildman–Crippen LogP) is 4.23. The maximum Gasteiger partial charge on any atom is 0.433 e. The molecule has 1 saturated heterocycles. The third-order valence-corrected chi connectivity index (χ3v) is 4.72. The Labute approximate surface area is 157 Å². The fourth-order valence-corrected chi connectivity index (χ4v) is 3.19. The topological polar surface area (TPSA) is 53.9 Å². The summed E-state index contributed by atoms with van der Waals surface area (Å²) in [5, 5.41) is 3.19. The van der Waals surface area contributed by atoms with Crippen LogP contribution < -0.4 is 5.32 Å². The molecule has 0 amide bonds. The highest BCUT2D eigenvalue weighted by molar-refractivity contribution is 5.57. The molecule has 27 heavy (non-hydrogen) atoms. The second-order valence-corrected chi connectivity index (χ2v) is 6.81. The number of piperidine rings is 1. The van der Waals surface area contributed by atoms with Crippen LogP contribution in [0.3, 0.4) is 0 Å². The molecule has 0 atom stereocenters. The minimum absolute atomic E-state index is 0.0510. The van der Waals surface area contributed by atoms with Crippen LogP contribution in [-0.4, -0.2) is 45.5 Å². The van der Waals surface area contributed by atoms with Crippen molar-refractivity contribution in [1.29, 1.82) is 0 Å². The number of rotatable bonds is 6. The lowest BCUT2D eigenvalue weighted by molar-refractivity contribution is -0.141. The van der Waals surface area contributed by atoms with Gasteiger partial charge in [0.05, 0.1) is 0 Å². The molecular weight excluding hydrogens is 355 g/mol. The van der Waals surface area contributed by atoms with E-state index in [4.69, 9.17) is 0 Å². The number of halogens is 3. The summed E-state index contributed by atoms with van der Waals surface area (Å²) in [4.78, 5) is 14.3. The summed E-state index contributed by atoms with van der Waals surface area (Å²) in [6.07, 6.45) is 2.62. The molecule has 1 aliphatic heterocycles. The quantitative estimate of drug-likeness (QED) is 0.814. The minimum atomic E-state index is -4.52. The molecule has 0 radical (unpaired) electrons. The molecule has 3 heterocycles. The Hall–Kier alpha value is -2.22. The van der Waals surface area contributed by atoms with E-state index in [0.29, 0.717) is 5.56 Å². The first kappa shape index (κ1) is 19.5. The molecule has 1 N–H and O–H groups in total. The van der Waals surface area contributed by atoms with Crippen LogP contribution in [0.2, 0.25) is 0 Å². The van der Waals surface area contributed by atoms with Gasteiger partial charge in [0, 0.05) is 43.2 Å². The van der Waals surface area contributed by atoms with E-state index in [1.165, 1.54) is 18.8 Å². The Morgan fingerprint density at radius 2 is 1.85 bits per heavy atom. The average Bonchev–Trinajstić information content (AvgIpc) is 2.67. The zero-order chi connectivity index (χ0) is 19.3. The minimum Gasteiger partial charge on any atom is -0.367 e. The number of unbranched alkanes of at least 4 members (excludes halogenated alkanes) is 1. The lowest BCUT2D eigenvalue weighted by Gasteiger charge is -2.32. The van der Waals surface area contributed by atoms with E-state index >= 15 is 0 Å². The zero-order valence-electron chi connectivity index (χ0n) is 15.3. The highest BCUT2D eigenvalue weighted by Gasteiger charge is 2.34. The number of hydrogen-bond acceptors (Lipinski definition) is 5. The van der Waals surface area contributed by atoms with Crippen LogP contribution in [0.25, 0.3) is 11.4 Å². The number of alkyl halides is 3. The van der Waals surface area contributed by atoms with Gasteiger partial charge in [-0.05, 0) is 37.9 Å². The average molecular weight is 379 g/mol. The van der Waals surface area contributed by atoms with Crippen molar-refractivity contribution in [3.63, 3.8) is 0 Å². The first-order valence-electron chi connectivity index (χ1n) is 9.31. The van der Waals surface area contributed by atoms with E-state index in [1.807, 2.05) is 0 Å². The van der Waals surface area contributed by atoms with Crippen molar-refractivity contribution in [2.75, 3.05) is 25.0 Å². The largest absolute Gasteiger partial charge is 0.433 e. The third-order valence-electron chi connectivity index (χ3n) is 4.72.